The number of alkyl halides is 1. The maximum atomic E-state index is 11.8. The zero-order valence-corrected chi connectivity index (χ0v) is 12.3. The van der Waals surface area contributed by atoms with Crippen LogP contribution < -0.4 is 0 Å². The minimum absolute atomic E-state index is 0.0383. The van der Waals surface area contributed by atoms with Gasteiger partial charge in [0.1, 0.15) is 5.60 Å². The molecule has 4 heteroatoms. The van der Waals surface area contributed by atoms with Gasteiger partial charge in [0.25, 0.3) is 0 Å². The van der Waals surface area contributed by atoms with Gasteiger partial charge in [0.05, 0.1) is 5.56 Å². The molecule has 0 aliphatic carbocycles. The van der Waals surface area contributed by atoms with Gasteiger partial charge in [0.15, 0.2) is 5.78 Å². The van der Waals surface area contributed by atoms with Crippen molar-refractivity contribution in [3.8, 4) is 0 Å². The van der Waals surface area contributed by atoms with Crippen LogP contribution in [0.4, 0.5) is 0 Å². The first kappa shape index (κ1) is 15.7. The third-order valence-electron chi connectivity index (χ3n) is 2.38. The van der Waals surface area contributed by atoms with Gasteiger partial charge < -0.3 is 4.74 Å². The molecule has 1 aromatic rings. The molecule has 0 spiro atoms. The molecule has 0 atom stereocenters. The van der Waals surface area contributed by atoms with Crippen LogP contribution in [-0.2, 0) is 4.74 Å². The van der Waals surface area contributed by atoms with Crippen molar-refractivity contribution in [1.29, 1.82) is 0 Å². The monoisotopic (exact) mass is 282 g/mol. The van der Waals surface area contributed by atoms with Crippen molar-refractivity contribution in [2.45, 2.75) is 39.2 Å². The second-order valence-corrected chi connectivity index (χ2v) is 5.67. The molecule has 0 aromatic heterocycles. The molecule has 0 heterocycles. The van der Waals surface area contributed by atoms with E-state index in [9.17, 15) is 9.59 Å². The van der Waals surface area contributed by atoms with Gasteiger partial charge in [0.2, 0.25) is 0 Å². The first-order chi connectivity index (χ1) is 8.83. The number of ketones is 1. The molecule has 104 valence electrons. The lowest BCUT2D eigenvalue weighted by molar-refractivity contribution is 0.00693. The summed E-state index contributed by atoms with van der Waals surface area (Å²) in [6.07, 6.45) is 1.09. The lowest BCUT2D eigenvalue weighted by atomic mass is 10.0. The number of hydrogen-bond acceptors (Lipinski definition) is 3. The maximum Gasteiger partial charge on any atom is 0.338 e. The summed E-state index contributed by atoms with van der Waals surface area (Å²) in [6, 6.07) is 6.52. The molecule has 19 heavy (non-hydrogen) atoms. The third-order valence-corrected chi connectivity index (χ3v) is 2.65. The topological polar surface area (TPSA) is 43.4 Å². The second kappa shape index (κ2) is 6.71. The lowest BCUT2D eigenvalue weighted by Gasteiger charge is -2.19. The van der Waals surface area contributed by atoms with E-state index in [0.29, 0.717) is 29.8 Å². The fourth-order valence-corrected chi connectivity index (χ4v) is 1.63. The minimum atomic E-state index is -0.522. The van der Waals surface area contributed by atoms with Crippen molar-refractivity contribution in [3.05, 3.63) is 35.4 Å². The van der Waals surface area contributed by atoms with Crippen LogP contribution in [0.3, 0.4) is 0 Å². The molecule has 1 rings (SSSR count). The maximum absolute atomic E-state index is 11.8. The van der Waals surface area contributed by atoms with E-state index in [1.165, 1.54) is 0 Å². The van der Waals surface area contributed by atoms with Crippen LogP contribution in [0.15, 0.2) is 24.3 Å². The van der Waals surface area contributed by atoms with Crippen LogP contribution in [0.25, 0.3) is 0 Å². The Morgan fingerprint density at radius 3 is 2.11 bits per heavy atom. The highest BCUT2D eigenvalue weighted by Crippen LogP contribution is 2.14. The van der Waals surface area contributed by atoms with Crippen molar-refractivity contribution < 1.29 is 14.3 Å². The Bertz CT molecular complexity index is 443. The van der Waals surface area contributed by atoms with Crippen LogP contribution >= 0.6 is 11.6 Å². The van der Waals surface area contributed by atoms with Crippen molar-refractivity contribution in [1.82, 2.24) is 0 Å². The number of Topliss-reactive ketones (excluding diaryl/α,β-unsaturated/α-hetero) is 1. The second-order valence-electron chi connectivity index (χ2n) is 5.29. The van der Waals surface area contributed by atoms with Crippen LogP contribution in [0, 0.1) is 0 Å². The van der Waals surface area contributed by atoms with Crippen LogP contribution in [0.5, 0.6) is 0 Å². The first-order valence-electron chi connectivity index (χ1n) is 6.26. The van der Waals surface area contributed by atoms with Gasteiger partial charge in [-0.2, -0.15) is 0 Å². The van der Waals surface area contributed by atoms with Crippen molar-refractivity contribution in [2.24, 2.45) is 0 Å². The summed E-state index contributed by atoms with van der Waals surface area (Å²) in [5.41, 5.74) is 0.521. The molecule has 0 amide bonds. The minimum Gasteiger partial charge on any atom is -0.456 e. The molecular weight excluding hydrogens is 264 g/mol. The van der Waals surface area contributed by atoms with E-state index >= 15 is 0 Å². The SMILES string of the molecule is CC(C)(C)OC(=O)c1ccc(C(=O)CCCCl)cc1. The summed E-state index contributed by atoms with van der Waals surface area (Å²) < 4.78 is 5.25. The Morgan fingerprint density at radius 1 is 1.11 bits per heavy atom. The van der Waals surface area contributed by atoms with Gasteiger partial charge in [-0.1, -0.05) is 12.1 Å². The van der Waals surface area contributed by atoms with Gasteiger partial charge >= 0.3 is 5.97 Å². The fourth-order valence-electron chi connectivity index (χ4n) is 1.50. The molecule has 0 aliphatic rings. The zero-order valence-electron chi connectivity index (χ0n) is 11.5. The number of esters is 1. The van der Waals surface area contributed by atoms with Crippen molar-refractivity contribution in [2.75, 3.05) is 5.88 Å². The van der Waals surface area contributed by atoms with Crippen LogP contribution in [0.1, 0.15) is 54.3 Å². The van der Waals surface area contributed by atoms with Gasteiger partial charge in [-0.25, -0.2) is 4.79 Å². The predicted octanol–water partition coefficient (Wildman–Crippen LogP) is 3.84. The van der Waals surface area contributed by atoms with Crippen LogP contribution in [-0.4, -0.2) is 23.2 Å². The number of halogens is 1. The number of carbonyl (C=O) groups is 2. The Hall–Kier alpha value is -1.35. The van der Waals surface area contributed by atoms with E-state index in [1.54, 1.807) is 24.3 Å². The number of ether oxygens (including phenoxy) is 1. The summed E-state index contributed by atoms with van der Waals surface area (Å²) in [7, 11) is 0. The third kappa shape index (κ3) is 5.43. The molecule has 0 N–H and O–H groups in total. The normalized spacial score (nSPS) is 11.2. The zero-order chi connectivity index (χ0) is 14.5. The smallest absolute Gasteiger partial charge is 0.338 e. The highest BCUT2D eigenvalue weighted by atomic mass is 35.5. The molecule has 1 aromatic carbocycles. The number of benzene rings is 1. The standard InChI is InChI=1S/C15H19ClO3/c1-15(2,3)19-14(18)12-8-6-11(7-9-12)13(17)5-4-10-16/h6-9H,4-5,10H2,1-3H3. The molecule has 0 saturated carbocycles. The number of carbonyl (C=O) groups excluding carboxylic acids is 2. The van der Waals surface area contributed by atoms with Crippen molar-refractivity contribution in [3.63, 3.8) is 0 Å². The van der Waals surface area contributed by atoms with E-state index < -0.39 is 5.60 Å². The lowest BCUT2D eigenvalue weighted by Crippen LogP contribution is -2.23. The van der Waals surface area contributed by atoms with Gasteiger partial charge in [0, 0.05) is 17.9 Å². The van der Waals surface area contributed by atoms with Gasteiger partial charge in [-0.05, 0) is 39.3 Å². The first-order valence-corrected chi connectivity index (χ1v) is 6.79. The molecule has 0 saturated heterocycles. The Morgan fingerprint density at radius 2 is 1.63 bits per heavy atom. The highest BCUT2D eigenvalue weighted by Gasteiger charge is 2.18. The summed E-state index contributed by atoms with van der Waals surface area (Å²) in [4.78, 5) is 23.5. The number of rotatable bonds is 5. The fraction of sp³-hybridized carbons (Fsp3) is 0.467. The molecule has 0 fully saturated rings. The quantitative estimate of drug-likeness (QED) is 0.468. The highest BCUT2D eigenvalue weighted by molar-refractivity contribution is 6.18. The molecule has 0 aliphatic heterocycles. The van der Waals surface area contributed by atoms with Gasteiger partial charge in [-0.3, -0.25) is 4.79 Å². The van der Waals surface area contributed by atoms with E-state index in [2.05, 4.69) is 0 Å². The Labute approximate surface area is 118 Å². The summed E-state index contributed by atoms with van der Waals surface area (Å²) in [6.45, 7) is 5.44. The molecule has 0 radical (unpaired) electrons. The molecule has 0 unspecified atom stereocenters. The Kier molecular flexibility index (Phi) is 5.55. The van der Waals surface area contributed by atoms with E-state index in [-0.39, 0.29) is 11.8 Å². The molecule has 0 bridgehead atoms. The average molecular weight is 283 g/mol. The summed E-state index contributed by atoms with van der Waals surface area (Å²) in [5, 5.41) is 0. The Balaban J connectivity index is 2.71. The van der Waals surface area contributed by atoms with E-state index in [4.69, 9.17) is 16.3 Å². The largest absolute Gasteiger partial charge is 0.456 e. The van der Waals surface area contributed by atoms with Crippen molar-refractivity contribution >= 4 is 23.4 Å². The summed E-state index contributed by atoms with van der Waals surface area (Å²) in [5.74, 6) is 0.130. The van der Waals surface area contributed by atoms with E-state index in [0.717, 1.165) is 0 Å². The number of hydrogen-bond donors (Lipinski definition) is 0. The molecule has 3 nitrogen and oxygen atoms in total. The van der Waals surface area contributed by atoms with Gasteiger partial charge in [-0.15, -0.1) is 11.6 Å². The molecular formula is C15H19ClO3. The summed E-state index contributed by atoms with van der Waals surface area (Å²) >= 11 is 5.55. The van der Waals surface area contributed by atoms with E-state index in [1.807, 2.05) is 20.8 Å². The average Bonchev–Trinajstić information content (AvgIpc) is 2.34. The van der Waals surface area contributed by atoms with Crippen LogP contribution in [0.2, 0.25) is 0 Å². The predicted molar refractivity (Wildman–Crippen MR) is 75.9 cm³/mol.